The van der Waals surface area contributed by atoms with E-state index in [1.807, 2.05) is 18.2 Å². The van der Waals surface area contributed by atoms with Crippen LogP contribution in [-0.2, 0) is 25.4 Å². The number of halogens is 1. The highest BCUT2D eigenvalue weighted by Crippen LogP contribution is 2.15. The number of carbonyl (C=O) groups is 1. The fourth-order valence-electron chi connectivity index (χ4n) is 2.65. The van der Waals surface area contributed by atoms with Gasteiger partial charge in [-0.1, -0.05) is 17.7 Å². The van der Waals surface area contributed by atoms with Crippen molar-refractivity contribution in [3.8, 4) is 0 Å². The monoisotopic (exact) mass is 347 g/mol. The summed E-state index contributed by atoms with van der Waals surface area (Å²) in [7, 11) is 3.47. The van der Waals surface area contributed by atoms with Crippen LogP contribution in [-0.4, -0.2) is 24.8 Å². The molecule has 0 radical (unpaired) electrons. The Hall–Kier alpha value is -2.54. The van der Waals surface area contributed by atoms with Crippen molar-refractivity contribution in [3.05, 3.63) is 51.7 Å². The van der Waals surface area contributed by atoms with Crippen LogP contribution in [0.15, 0.2) is 35.4 Å². The molecule has 0 unspecified atom stereocenters. The number of hydrogen-bond acceptors (Lipinski definition) is 3. The third-order valence-corrected chi connectivity index (χ3v) is 4.34. The minimum atomic E-state index is -0.456. The topological polar surface area (TPSA) is 73.8 Å². The Balaban J connectivity index is 1.74. The van der Waals surface area contributed by atoms with Gasteiger partial charge in [-0.05, 0) is 24.6 Å². The van der Waals surface area contributed by atoms with Crippen LogP contribution in [0.5, 0.6) is 0 Å². The van der Waals surface area contributed by atoms with E-state index >= 15 is 0 Å². The number of fused-ring (bicyclic) bond motifs is 1. The minimum Gasteiger partial charge on any atom is -0.350 e. The smallest absolute Gasteiger partial charge is 0.328 e. The molecule has 0 fully saturated rings. The summed E-state index contributed by atoms with van der Waals surface area (Å²) in [6, 6.07) is 5.24. The average molecular weight is 348 g/mol. The van der Waals surface area contributed by atoms with Gasteiger partial charge in [-0.3, -0.25) is 18.6 Å². The van der Waals surface area contributed by atoms with Gasteiger partial charge in [0.2, 0.25) is 5.91 Å². The van der Waals surface area contributed by atoms with Crippen molar-refractivity contribution in [1.29, 1.82) is 0 Å². The molecule has 8 heteroatoms. The maximum absolute atomic E-state index is 12.2. The summed E-state index contributed by atoms with van der Waals surface area (Å²) in [6.45, 7) is 2.12. The van der Waals surface area contributed by atoms with Gasteiger partial charge in [-0.2, -0.15) is 5.10 Å². The summed E-state index contributed by atoms with van der Waals surface area (Å²) < 4.78 is 4.71. The Kier molecular flexibility index (Phi) is 4.19. The molecule has 1 aromatic carbocycles. The van der Waals surface area contributed by atoms with Crippen LogP contribution in [0.25, 0.3) is 11.0 Å². The van der Waals surface area contributed by atoms with Crippen LogP contribution >= 0.6 is 11.6 Å². The number of aryl methyl sites for hydroxylation is 2. The van der Waals surface area contributed by atoms with Crippen molar-refractivity contribution in [2.24, 2.45) is 14.1 Å². The van der Waals surface area contributed by atoms with Crippen LogP contribution in [0.1, 0.15) is 18.5 Å². The number of imidazole rings is 1. The first kappa shape index (κ1) is 16.3. The van der Waals surface area contributed by atoms with Gasteiger partial charge in [-0.25, -0.2) is 4.79 Å². The third kappa shape index (κ3) is 2.82. The summed E-state index contributed by atoms with van der Waals surface area (Å²) in [6.07, 6.45) is 3.10. The largest absolute Gasteiger partial charge is 0.350 e. The Morgan fingerprint density at radius 2 is 2.00 bits per heavy atom. The zero-order valence-corrected chi connectivity index (χ0v) is 14.4. The second-order valence-electron chi connectivity index (χ2n) is 5.76. The number of nitrogens with zero attached hydrogens (tertiary/aromatic N) is 4. The lowest BCUT2D eigenvalue weighted by Gasteiger charge is -2.12. The van der Waals surface area contributed by atoms with Crippen LogP contribution in [0.3, 0.4) is 0 Å². The summed E-state index contributed by atoms with van der Waals surface area (Å²) in [5.41, 5.74) is 2.54. The first-order valence-electron chi connectivity index (χ1n) is 7.50. The molecule has 1 N–H and O–H groups in total. The molecule has 24 heavy (non-hydrogen) atoms. The van der Waals surface area contributed by atoms with Crippen molar-refractivity contribution >= 4 is 28.5 Å². The van der Waals surface area contributed by atoms with E-state index in [0.717, 1.165) is 16.6 Å². The Morgan fingerprint density at radius 1 is 1.29 bits per heavy atom. The van der Waals surface area contributed by atoms with Gasteiger partial charge in [0, 0.05) is 26.8 Å². The predicted molar refractivity (Wildman–Crippen MR) is 92.0 cm³/mol. The maximum Gasteiger partial charge on any atom is 0.328 e. The van der Waals surface area contributed by atoms with Crippen LogP contribution in [0.2, 0.25) is 5.02 Å². The molecule has 2 aromatic heterocycles. The lowest BCUT2D eigenvalue weighted by atomic mass is 10.2. The molecule has 7 nitrogen and oxygen atoms in total. The van der Waals surface area contributed by atoms with Crippen molar-refractivity contribution in [3.63, 3.8) is 0 Å². The summed E-state index contributed by atoms with van der Waals surface area (Å²) >= 11 is 5.82. The summed E-state index contributed by atoms with van der Waals surface area (Å²) in [4.78, 5) is 24.2. The SMILES string of the molecule is C[C@H](C(=O)NCc1ccc2c(c1)n(C)c(=O)n2C)n1cc(Cl)cn1. The number of carbonyl (C=O) groups excluding carboxylic acids is 1. The number of nitrogens with one attached hydrogen (secondary N) is 1. The number of hydrogen-bond donors (Lipinski definition) is 1. The highest BCUT2D eigenvalue weighted by atomic mass is 35.5. The predicted octanol–water partition coefficient (Wildman–Crippen LogP) is 1.60. The molecule has 0 aliphatic rings. The van der Waals surface area contributed by atoms with E-state index in [2.05, 4.69) is 10.4 Å². The number of aromatic nitrogens is 4. The first-order valence-corrected chi connectivity index (χ1v) is 7.88. The zero-order valence-electron chi connectivity index (χ0n) is 13.7. The van der Waals surface area contributed by atoms with Gasteiger partial charge >= 0.3 is 5.69 Å². The zero-order chi connectivity index (χ0) is 17.4. The molecule has 2 heterocycles. The van der Waals surface area contributed by atoms with Gasteiger partial charge in [0.15, 0.2) is 0 Å². The quantitative estimate of drug-likeness (QED) is 0.779. The van der Waals surface area contributed by atoms with E-state index in [1.54, 1.807) is 36.4 Å². The van der Waals surface area contributed by atoms with Crippen molar-refractivity contribution in [1.82, 2.24) is 24.2 Å². The molecule has 0 saturated carbocycles. The van der Waals surface area contributed by atoms with Crippen molar-refractivity contribution in [2.45, 2.75) is 19.5 Å². The lowest BCUT2D eigenvalue weighted by Crippen LogP contribution is -2.30. The van der Waals surface area contributed by atoms with Crippen LogP contribution in [0.4, 0.5) is 0 Å². The minimum absolute atomic E-state index is 0.0737. The molecule has 0 aliphatic heterocycles. The molecule has 0 bridgehead atoms. The van der Waals surface area contributed by atoms with E-state index in [0.29, 0.717) is 11.6 Å². The lowest BCUT2D eigenvalue weighted by molar-refractivity contribution is -0.124. The van der Waals surface area contributed by atoms with E-state index in [1.165, 1.54) is 10.9 Å². The fraction of sp³-hybridized carbons (Fsp3) is 0.312. The third-order valence-electron chi connectivity index (χ3n) is 4.15. The second kappa shape index (κ2) is 6.16. The number of rotatable bonds is 4. The molecule has 126 valence electrons. The van der Waals surface area contributed by atoms with E-state index in [9.17, 15) is 9.59 Å². The van der Waals surface area contributed by atoms with Gasteiger partial charge in [0.05, 0.1) is 22.3 Å². The van der Waals surface area contributed by atoms with Crippen molar-refractivity contribution < 1.29 is 4.79 Å². The number of amides is 1. The molecular weight excluding hydrogens is 330 g/mol. The Morgan fingerprint density at radius 3 is 2.67 bits per heavy atom. The fourth-order valence-corrected chi connectivity index (χ4v) is 2.79. The van der Waals surface area contributed by atoms with Crippen LogP contribution in [0, 0.1) is 0 Å². The van der Waals surface area contributed by atoms with Gasteiger partial charge in [0.1, 0.15) is 6.04 Å². The van der Waals surface area contributed by atoms with Gasteiger partial charge in [0.25, 0.3) is 0 Å². The number of benzene rings is 1. The summed E-state index contributed by atoms with van der Waals surface area (Å²) in [5.74, 6) is -0.156. The normalized spacial score (nSPS) is 12.5. The summed E-state index contributed by atoms with van der Waals surface area (Å²) in [5, 5.41) is 7.41. The second-order valence-corrected chi connectivity index (χ2v) is 6.19. The Labute approximate surface area is 143 Å². The molecule has 0 saturated heterocycles. The molecule has 0 spiro atoms. The molecule has 3 aromatic rings. The van der Waals surface area contributed by atoms with E-state index in [-0.39, 0.29) is 11.6 Å². The van der Waals surface area contributed by atoms with E-state index < -0.39 is 6.04 Å². The Bertz CT molecular complexity index is 969. The van der Waals surface area contributed by atoms with Gasteiger partial charge < -0.3 is 5.32 Å². The molecule has 1 atom stereocenters. The first-order chi connectivity index (χ1) is 11.4. The molecular formula is C16H18ClN5O2. The van der Waals surface area contributed by atoms with Gasteiger partial charge in [-0.15, -0.1) is 0 Å². The average Bonchev–Trinajstić information content (AvgIpc) is 3.10. The molecule has 0 aliphatic carbocycles. The van der Waals surface area contributed by atoms with Crippen molar-refractivity contribution in [2.75, 3.05) is 0 Å². The molecule has 3 rings (SSSR count). The maximum atomic E-state index is 12.2. The highest BCUT2D eigenvalue weighted by Gasteiger charge is 2.16. The molecule has 1 amide bonds. The highest BCUT2D eigenvalue weighted by molar-refractivity contribution is 6.30. The standard InChI is InChI=1S/C16H18ClN5O2/c1-10(22-9-12(17)8-19-22)15(23)18-7-11-4-5-13-14(6-11)21(3)16(24)20(13)2/h4-6,8-10H,7H2,1-3H3,(H,18,23)/t10-/m1/s1. The van der Waals surface area contributed by atoms with Crippen LogP contribution < -0.4 is 11.0 Å². The van der Waals surface area contributed by atoms with E-state index in [4.69, 9.17) is 11.6 Å².